The van der Waals surface area contributed by atoms with Crippen LogP contribution in [0.2, 0.25) is 0 Å². The van der Waals surface area contributed by atoms with Gasteiger partial charge in [0.25, 0.3) is 5.78 Å². The van der Waals surface area contributed by atoms with Gasteiger partial charge in [0.2, 0.25) is 5.75 Å². The summed E-state index contributed by atoms with van der Waals surface area (Å²) in [6.45, 7) is 3.38. The molecule has 2 heterocycles. The molecular formula is C28H28N2O9S. The predicted octanol–water partition coefficient (Wildman–Crippen LogP) is 4.21. The molecule has 11 nitrogen and oxygen atoms in total. The van der Waals surface area contributed by atoms with Crippen LogP contribution in [0.15, 0.2) is 35.9 Å². The van der Waals surface area contributed by atoms with E-state index in [1.54, 1.807) is 44.2 Å². The van der Waals surface area contributed by atoms with Crippen LogP contribution in [-0.4, -0.2) is 63.3 Å². The molecule has 1 atom stereocenters. The Labute approximate surface area is 234 Å². The number of aromatic nitrogens is 1. The highest BCUT2D eigenvalue weighted by Gasteiger charge is 2.49. The number of rotatable bonds is 8. The number of thiazole rings is 1. The summed E-state index contributed by atoms with van der Waals surface area (Å²) in [7, 11) is 7.08. The number of anilines is 1. The first-order valence-corrected chi connectivity index (χ1v) is 12.7. The minimum Gasteiger partial charge on any atom is -0.507 e. The van der Waals surface area contributed by atoms with Crippen LogP contribution in [0, 0.1) is 13.8 Å². The van der Waals surface area contributed by atoms with Gasteiger partial charge in [-0.3, -0.25) is 14.5 Å². The molecule has 1 N–H and O–H groups in total. The Morgan fingerprint density at radius 2 is 1.55 bits per heavy atom. The third kappa shape index (κ3) is 4.70. The van der Waals surface area contributed by atoms with Gasteiger partial charge in [0.05, 0.1) is 52.9 Å². The molecule has 4 rings (SSSR count). The fourth-order valence-corrected chi connectivity index (χ4v) is 5.56. The van der Waals surface area contributed by atoms with Crippen molar-refractivity contribution in [2.75, 3.05) is 40.4 Å². The van der Waals surface area contributed by atoms with Gasteiger partial charge in [-0.1, -0.05) is 11.3 Å². The number of hydrogen-bond donors (Lipinski definition) is 1. The summed E-state index contributed by atoms with van der Waals surface area (Å²) in [6, 6.07) is 6.90. The number of aliphatic hydroxyl groups excluding tert-OH is 1. The molecule has 0 aliphatic carbocycles. The Hall–Kier alpha value is -4.58. The van der Waals surface area contributed by atoms with Crippen LogP contribution >= 0.6 is 11.3 Å². The van der Waals surface area contributed by atoms with Gasteiger partial charge in [-0.2, -0.15) is 0 Å². The molecule has 1 aliphatic heterocycles. The number of aryl methyl sites for hydroxylation is 2. The molecule has 0 saturated carbocycles. The highest BCUT2D eigenvalue weighted by molar-refractivity contribution is 7.17. The van der Waals surface area contributed by atoms with E-state index in [1.165, 1.54) is 35.5 Å². The normalized spacial score (nSPS) is 16.2. The van der Waals surface area contributed by atoms with Gasteiger partial charge in [-0.15, -0.1) is 0 Å². The van der Waals surface area contributed by atoms with E-state index in [9.17, 15) is 19.5 Å². The van der Waals surface area contributed by atoms with Crippen LogP contribution in [-0.2, 0) is 14.3 Å². The second-order valence-corrected chi connectivity index (χ2v) is 9.69. The molecule has 12 heteroatoms. The second-order valence-electron chi connectivity index (χ2n) is 8.71. The summed E-state index contributed by atoms with van der Waals surface area (Å²) in [4.78, 5) is 45.2. The van der Waals surface area contributed by atoms with Gasteiger partial charge < -0.3 is 28.8 Å². The number of esters is 1. The van der Waals surface area contributed by atoms with Gasteiger partial charge >= 0.3 is 11.9 Å². The Balaban J connectivity index is 2.02. The Morgan fingerprint density at radius 1 is 0.925 bits per heavy atom. The smallest absolute Gasteiger partial charge is 0.350 e. The van der Waals surface area contributed by atoms with Crippen molar-refractivity contribution in [1.82, 2.24) is 4.98 Å². The summed E-state index contributed by atoms with van der Waals surface area (Å²) in [5, 5.41) is 11.6. The van der Waals surface area contributed by atoms with Crippen LogP contribution in [0.5, 0.6) is 23.0 Å². The number of Topliss-reactive ketones (excluding diaryl/α,β-unsaturated/α-hetero) is 1. The molecule has 3 aromatic rings. The number of ether oxygens (including phenoxy) is 5. The first-order chi connectivity index (χ1) is 19.1. The van der Waals surface area contributed by atoms with E-state index in [1.807, 2.05) is 0 Å². The van der Waals surface area contributed by atoms with Gasteiger partial charge in [0.1, 0.15) is 16.4 Å². The number of aliphatic hydroxyl groups is 1. The third-order valence-corrected chi connectivity index (χ3v) is 7.61. The lowest BCUT2D eigenvalue weighted by molar-refractivity contribution is -0.132. The maximum atomic E-state index is 13.6. The Morgan fingerprint density at radius 3 is 2.08 bits per heavy atom. The van der Waals surface area contributed by atoms with E-state index in [4.69, 9.17) is 23.7 Å². The number of hydrogen-bond acceptors (Lipinski definition) is 11. The van der Waals surface area contributed by atoms with Crippen molar-refractivity contribution in [2.45, 2.75) is 19.9 Å². The SMILES string of the molecule is COC(=O)c1sc(N2C(=O)C(=O)C(=C(O)c3ccc(OC)c(C)c3)[C@@H]2c2cc(OC)c(OC)c(OC)c2)nc1C. The molecule has 1 saturated heterocycles. The minimum atomic E-state index is -1.16. The number of carbonyl (C=O) groups excluding carboxylic acids is 3. The summed E-state index contributed by atoms with van der Waals surface area (Å²) >= 11 is 0.897. The van der Waals surface area contributed by atoms with Crippen LogP contribution in [0.3, 0.4) is 0 Å². The molecule has 1 aliphatic rings. The van der Waals surface area contributed by atoms with Gasteiger partial charge in [0, 0.05) is 5.56 Å². The molecular weight excluding hydrogens is 540 g/mol. The molecule has 1 amide bonds. The van der Waals surface area contributed by atoms with Crippen LogP contribution in [0.1, 0.15) is 38.1 Å². The molecule has 0 radical (unpaired) electrons. The lowest BCUT2D eigenvalue weighted by atomic mass is 9.94. The number of ketones is 1. The first-order valence-electron chi connectivity index (χ1n) is 11.9. The zero-order valence-corrected chi connectivity index (χ0v) is 23.8. The summed E-state index contributed by atoms with van der Waals surface area (Å²) in [5.41, 5.74) is 1.52. The molecule has 40 heavy (non-hydrogen) atoms. The Kier molecular flexibility index (Phi) is 8.01. The standard InChI is InChI=1S/C28H28N2O9S/c1-13-10-15(8-9-17(13)35-3)22(31)20-21(16-11-18(36-4)24(38-6)19(12-16)37-5)30(26(33)23(20)32)28-29-14(2)25(40-28)27(34)39-7/h8-12,21,31H,1-7H3/t21-/m0/s1. The van der Waals surface area contributed by atoms with Crippen LogP contribution in [0.4, 0.5) is 5.13 Å². The summed E-state index contributed by atoms with van der Waals surface area (Å²) < 4.78 is 26.6. The molecule has 0 unspecified atom stereocenters. The van der Waals surface area contributed by atoms with Gasteiger partial charge in [-0.25, -0.2) is 9.78 Å². The predicted molar refractivity (Wildman–Crippen MR) is 147 cm³/mol. The van der Waals surface area contributed by atoms with E-state index in [2.05, 4.69) is 4.98 Å². The molecule has 1 aromatic heterocycles. The lowest BCUT2D eigenvalue weighted by Gasteiger charge is -2.24. The highest BCUT2D eigenvalue weighted by Crippen LogP contribution is 2.48. The van der Waals surface area contributed by atoms with Gasteiger partial charge in [0.15, 0.2) is 16.6 Å². The quantitative estimate of drug-likeness (QED) is 0.182. The number of amides is 1. The fourth-order valence-electron chi connectivity index (χ4n) is 4.55. The molecule has 210 valence electrons. The fraction of sp³-hybridized carbons (Fsp3) is 0.286. The number of carbonyl (C=O) groups is 3. The van der Waals surface area contributed by atoms with Crippen molar-refractivity contribution in [3.63, 3.8) is 0 Å². The van der Waals surface area contributed by atoms with Crippen molar-refractivity contribution in [3.8, 4) is 23.0 Å². The van der Waals surface area contributed by atoms with E-state index in [-0.39, 0.29) is 27.1 Å². The highest BCUT2D eigenvalue weighted by atomic mass is 32.1. The third-order valence-electron chi connectivity index (χ3n) is 6.48. The Bertz CT molecular complexity index is 1520. The topological polar surface area (TPSA) is 134 Å². The molecule has 0 spiro atoms. The van der Waals surface area contributed by atoms with Crippen LogP contribution < -0.4 is 23.8 Å². The van der Waals surface area contributed by atoms with Crippen molar-refractivity contribution in [1.29, 1.82) is 0 Å². The monoisotopic (exact) mass is 568 g/mol. The van der Waals surface area contributed by atoms with Gasteiger partial charge in [-0.05, 0) is 55.3 Å². The van der Waals surface area contributed by atoms with Crippen molar-refractivity contribution in [3.05, 3.63) is 63.2 Å². The maximum absolute atomic E-state index is 13.6. The van der Waals surface area contributed by atoms with Crippen molar-refractivity contribution < 1.29 is 43.2 Å². The number of nitrogens with zero attached hydrogens (tertiary/aromatic N) is 2. The largest absolute Gasteiger partial charge is 0.507 e. The molecule has 2 aromatic carbocycles. The van der Waals surface area contributed by atoms with E-state index in [0.29, 0.717) is 33.9 Å². The summed E-state index contributed by atoms with van der Waals surface area (Å²) in [5.74, 6) is -1.46. The van der Waals surface area contributed by atoms with Crippen molar-refractivity contribution in [2.24, 2.45) is 0 Å². The zero-order chi connectivity index (χ0) is 29.3. The maximum Gasteiger partial charge on any atom is 0.350 e. The average molecular weight is 569 g/mol. The molecule has 0 bridgehead atoms. The first kappa shape index (κ1) is 28.4. The zero-order valence-electron chi connectivity index (χ0n) is 23.0. The average Bonchev–Trinajstić information content (AvgIpc) is 3.47. The minimum absolute atomic E-state index is 0.0729. The molecule has 1 fully saturated rings. The van der Waals surface area contributed by atoms with E-state index in [0.717, 1.165) is 16.2 Å². The number of methoxy groups -OCH3 is 5. The summed E-state index contributed by atoms with van der Waals surface area (Å²) in [6.07, 6.45) is 0. The second kappa shape index (κ2) is 11.3. The van der Waals surface area contributed by atoms with E-state index < -0.39 is 29.5 Å². The van der Waals surface area contributed by atoms with Crippen LogP contribution in [0.25, 0.3) is 5.76 Å². The lowest BCUT2D eigenvalue weighted by Crippen LogP contribution is -2.29. The van der Waals surface area contributed by atoms with Crippen molar-refractivity contribution >= 4 is 39.9 Å². The van der Waals surface area contributed by atoms with E-state index >= 15 is 0 Å². The number of benzene rings is 2.